The summed E-state index contributed by atoms with van der Waals surface area (Å²) in [7, 11) is 0. The number of ether oxygens (including phenoxy) is 1. The first-order valence-corrected chi connectivity index (χ1v) is 7.96. The Morgan fingerprint density at radius 3 is 2.86 bits per heavy atom. The molecule has 0 spiro atoms. The van der Waals surface area contributed by atoms with Gasteiger partial charge in [0.2, 0.25) is 5.91 Å². The van der Waals surface area contributed by atoms with Crippen LogP contribution in [0.1, 0.15) is 12.0 Å². The summed E-state index contributed by atoms with van der Waals surface area (Å²) in [6.45, 7) is -2.92. The van der Waals surface area contributed by atoms with Crippen LogP contribution in [-0.4, -0.2) is 30.6 Å². The van der Waals surface area contributed by atoms with Gasteiger partial charge in [-0.15, -0.1) is 0 Å². The quantitative estimate of drug-likeness (QED) is 0.765. The van der Waals surface area contributed by atoms with Gasteiger partial charge >= 0.3 is 6.61 Å². The second-order valence-electron chi connectivity index (χ2n) is 4.24. The summed E-state index contributed by atoms with van der Waals surface area (Å²) >= 11 is 7.41. The van der Waals surface area contributed by atoms with Crippen molar-refractivity contribution in [1.29, 1.82) is 0 Å². The topological polar surface area (TPSA) is 64.4 Å². The molecule has 0 aliphatic carbocycles. The summed E-state index contributed by atoms with van der Waals surface area (Å²) in [5.74, 6) is 0.408. The molecule has 1 atom stereocenters. The Bertz CT molecular complexity index is 477. The average molecular weight is 339 g/mol. The van der Waals surface area contributed by atoms with Crippen molar-refractivity contribution in [3.63, 3.8) is 0 Å². The highest BCUT2D eigenvalue weighted by atomic mass is 35.5. The predicted molar refractivity (Wildman–Crippen MR) is 80.9 cm³/mol. The van der Waals surface area contributed by atoms with Crippen LogP contribution in [0.4, 0.5) is 8.78 Å². The molecule has 3 N–H and O–H groups in total. The SMILES string of the molecule is CSCC[C@H](N)C(=O)NCc1cc(Cl)ccc1OC(F)F. The Hall–Kier alpha value is -1.05. The number of hydrogen-bond donors (Lipinski definition) is 2. The molecule has 4 nitrogen and oxygen atoms in total. The van der Waals surface area contributed by atoms with Gasteiger partial charge < -0.3 is 15.8 Å². The van der Waals surface area contributed by atoms with Crippen LogP contribution >= 0.6 is 23.4 Å². The Balaban J connectivity index is 2.65. The van der Waals surface area contributed by atoms with Crippen LogP contribution in [0.25, 0.3) is 0 Å². The number of nitrogens with one attached hydrogen (secondary N) is 1. The number of amides is 1. The molecule has 1 aromatic carbocycles. The first-order valence-electron chi connectivity index (χ1n) is 6.19. The summed E-state index contributed by atoms with van der Waals surface area (Å²) in [5.41, 5.74) is 6.08. The molecule has 8 heteroatoms. The van der Waals surface area contributed by atoms with Crippen molar-refractivity contribution in [2.45, 2.75) is 25.6 Å². The van der Waals surface area contributed by atoms with Gasteiger partial charge in [-0.05, 0) is 36.6 Å². The summed E-state index contributed by atoms with van der Waals surface area (Å²) < 4.78 is 29.0. The smallest absolute Gasteiger partial charge is 0.387 e. The van der Waals surface area contributed by atoms with Crippen molar-refractivity contribution < 1.29 is 18.3 Å². The van der Waals surface area contributed by atoms with E-state index in [0.29, 0.717) is 17.0 Å². The normalized spacial score (nSPS) is 12.3. The number of rotatable bonds is 8. The van der Waals surface area contributed by atoms with Gasteiger partial charge in [0, 0.05) is 17.1 Å². The lowest BCUT2D eigenvalue weighted by Crippen LogP contribution is -2.40. The van der Waals surface area contributed by atoms with Gasteiger partial charge in [0.05, 0.1) is 6.04 Å². The fourth-order valence-electron chi connectivity index (χ4n) is 1.59. The zero-order chi connectivity index (χ0) is 15.8. The second-order valence-corrected chi connectivity index (χ2v) is 5.66. The van der Waals surface area contributed by atoms with Crippen LogP contribution in [-0.2, 0) is 11.3 Å². The number of carbonyl (C=O) groups excluding carboxylic acids is 1. The molecule has 0 radical (unpaired) electrons. The lowest BCUT2D eigenvalue weighted by molar-refractivity contribution is -0.122. The van der Waals surface area contributed by atoms with Gasteiger partial charge in [0.15, 0.2) is 0 Å². The van der Waals surface area contributed by atoms with Gasteiger partial charge in [-0.2, -0.15) is 20.5 Å². The molecule has 118 valence electrons. The lowest BCUT2D eigenvalue weighted by atomic mass is 10.2. The Labute approximate surface area is 131 Å². The van der Waals surface area contributed by atoms with Gasteiger partial charge in [-0.1, -0.05) is 11.6 Å². The van der Waals surface area contributed by atoms with Crippen molar-refractivity contribution in [1.82, 2.24) is 5.32 Å². The first kappa shape index (κ1) is 18.0. The zero-order valence-corrected chi connectivity index (χ0v) is 13.0. The monoisotopic (exact) mass is 338 g/mol. The molecule has 0 heterocycles. The first-order chi connectivity index (χ1) is 9.93. The predicted octanol–water partition coefficient (Wildman–Crippen LogP) is 2.64. The average Bonchev–Trinajstić information content (AvgIpc) is 2.44. The largest absolute Gasteiger partial charge is 0.434 e. The fraction of sp³-hybridized carbons (Fsp3) is 0.462. The minimum atomic E-state index is -2.94. The van der Waals surface area contributed by atoms with Crippen LogP contribution in [0.5, 0.6) is 5.75 Å². The van der Waals surface area contributed by atoms with E-state index >= 15 is 0 Å². The van der Waals surface area contributed by atoms with E-state index in [1.165, 1.54) is 18.2 Å². The van der Waals surface area contributed by atoms with E-state index in [0.717, 1.165) is 5.75 Å². The van der Waals surface area contributed by atoms with Gasteiger partial charge in [0.25, 0.3) is 0 Å². The third-order valence-electron chi connectivity index (χ3n) is 2.66. The highest BCUT2D eigenvalue weighted by Gasteiger charge is 2.15. The molecule has 0 saturated carbocycles. The summed E-state index contributed by atoms with van der Waals surface area (Å²) in [6.07, 6.45) is 2.47. The molecule has 0 bridgehead atoms. The van der Waals surface area contributed by atoms with Crippen molar-refractivity contribution in [2.24, 2.45) is 5.73 Å². The van der Waals surface area contributed by atoms with Crippen molar-refractivity contribution >= 4 is 29.3 Å². The van der Waals surface area contributed by atoms with Crippen LogP contribution < -0.4 is 15.8 Å². The molecule has 1 rings (SSSR count). The number of carbonyl (C=O) groups is 1. The summed E-state index contributed by atoms with van der Waals surface area (Å²) in [4.78, 5) is 11.8. The van der Waals surface area contributed by atoms with Crippen molar-refractivity contribution in [3.8, 4) is 5.75 Å². The molecule has 1 amide bonds. The van der Waals surface area contributed by atoms with Gasteiger partial charge in [-0.3, -0.25) is 4.79 Å². The minimum Gasteiger partial charge on any atom is -0.434 e. The Morgan fingerprint density at radius 1 is 1.52 bits per heavy atom. The molecule has 1 aromatic rings. The van der Waals surface area contributed by atoms with Crippen LogP contribution in [0.2, 0.25) is 5.02 Å². The van der Waals surface area contributed by atoms with Gasteiger partial charge in [-0.25, -0.2) is 0 Å². The molecule has 0 aromatic heterocycles. The number of thioether (sulfide) groups is 1. The number of benzene rings is 1. The third-order valence-corrected chi connectivity index (χ3v) is 3.54. The Morgan fingerprint density at radius 2 is 2.24 bits per heavy atom. The zero-order valence-electron chi connectivity index (χ0n) is 11.4. The van der Waals surface area contributed by atoms with Crippen LogP contribution in [0.15, 0.2) is 18.2 Å². The molecule has 0 saturated heterocycles. The number of halogens is 3. The van der Waals surface area contributed by atoms with E-state index in [4.69, 9.17) is 17.3 Å². The Kier molecular flexibility index (Phi) is 7.77. The number of alkyl halides is 2. The van der Waals surface area contributed by atoms with Crippen LogP contribution in [0.3, 0.4) is 0 Å². The summed E-state index contributed by atoms with van der Waals surface area (Å²) in [6, 6.07) is 3.61. The highest BCUT2D eigenvalue weighted by molar-refractivity contribution is 7.98. The maximum atomic E-state index is 12.3. The van der Waals surface area contributed by atoms with Crippen molar-refractivity contribution in [2.75, 3.05) is 12.0 Å². The lowest BCUT2D eigenvalue weighted by Gasteiger charge is -2.14. The second kappa shape index (κ2) is 9.07. The molecule has 21 heavy (non-hydrogen) atoms. The molecule has 0 aliphatic rings. The van der Waals surface area contributed by atoms with Gasteiger partial charge in [0.1, 0.15) is 5.75 Å². The standard InChI is InChI=1S/C13H17ClF2N2O2S/c1-21-5-4-10(17)12(19)18-7-8-6-9(14)2-3-11(8)20-13(15)16/h2-3,6,10,13H,4-5,7,17H2,1H3,(H,18,19)/t10-/m0/s1. The van der Waals surface area contributed by atoms with Crippen molar-refractivity contribution in [3.05, 3.63) is 28.8 Å². The molecule has 0 unspecified atom stereocenters. The maximum absolute atomic E-state index is 12.3. The minimum absolute atomic E-state index is 0.0209. The number of hydrogen-bond acceptors (Lipinski definition) is 4. The van der Waals surface area contributed by atoms with E-state index in [9.17, 15) is 13.6 Å². The van der Waals surface area contributed by atoms with Crippen LogP contribution in [0, 0.1) is 0 Å². The van der Waals surface area contributed by atoms with E-state index in [-0.39, 0.29) is 18.2 Å². The third kappa shape index (κ3) is 6.50. The van der Waals surface area contributed by atoms with E-state index < -0.39 is 12.7 Å². The van der Waals surface area contributed by atoms with E-state index in [1.54, 1.807) is 11.8 Å². The summed E-state index contributed by atoms with van der Waals surface area (Å²) in [5, 5.41) is 2.96. The number of nitrogens with two attached hydrogens (primary N) is 1. The molecule has 0 aliphatic heterocycles. The molecule has 0 fully saturated rings. The highest BCUT2D eigenvalue weighted by Crippen LogP contribution is 2.24. The van der Waals surface area contributed by atoms with E-state index in [1.807, 2.05) is 6.26 Å². The maximum Gasteiger partial charge on any atom is 0.387 e. The molecular formula is C13H17ClF2N2O2S. The van der Waals surface area contributed by atoms with E-state index in [2.05, 4.69) is 10.1 Å². The molecular weight excluding hydrogens is 322 g/mol. The fourth-order valence-corrected chi connectivity index (χ4v) is 2.27.